The lowest BCUT2D eigenvalue weighted by atomic mass is 10.3. The molecule has 5 N–H and O–H groups in total. The summed E-state index contributed by atoms with van der Waals surface area (Å²) in [6.07, 6.45) is 0.646. The minimum Gasteiger partial charge on any atom is -0.394 e. The number of imidazole rings is 1. The molecule has 0 aromatic carbocycles. The Hall–Kier alpha value is -1.97. The molecule has 0 bridgehead atoms. The van der Waals surface area contributed by atoms with Gasteiger partial charge in [-0.15, -0.1) is 0 Å². The van der Waals surface area contributed by atoms with Crippen molar-refractivity contribution in [1.82, 2.24) is 15.0 Å². The number of nitrogens with two attached hydrogens (primary N) is 1. The zero-order chi connectivity index (χ0) is 14.8. The Balaban J connectivity index is 1.98. The van der Waals surface area contributed by atoms with Crippen LogP contribution in [0.15, 0.2) is 6.33 Å². The third-order valence-electron chi connectivity index (χ3n) is 3.47. The minimum atomic E-state index is -0.868. The fourth-order valence-corrected chi connectivity index (χ4v) is 2.33. The van der Waals surface area contributed by atoms with Crippen LogP contribution in [0.25, 0.3) is 11.2 Å². The van der Waals surface area contributed by atoms with Gasteiger partial charge in [0, 0.05) is 13.1 Å². The average molecular weight is 295 g/mol. The van der Waals surface area contributed by atoms with Crippen molar-refractivity contribution in [3.8, 4) is 0 Å². The Morgan fingerprint density at radius 3 is 2.95 bits per heavy atom. The second-order valence-corrected chi connectivity index (χ2v) is 4.98. The highest BCUT2D eigenvalue weighted by atomic mass is 16.5. The van der Waals surface area contributed by atoms with E-state index in [1.54, 1.807) is 4.57 Å². The highest BCUT2D eigenvalue weighted by Gasteiger charge is 2.23. The molecule has 1 fully saturated rings. The maximum atomic E-state index is 9.60. The van der Waals surface area contributed by atoms with E-state index in [0.29, 0.717) is 36.1 Å². The molecule has 2 aromatic heterocycles. The van der Waals surface area contributed by atoms with Gasteiger partial charge in [-0.2, -0.15) is 0 Å². The van der Waals surface area contributed by atoms with Crippen LogP contribution < -0.4 is 15.2 Å². The normalized spacial score (nSPS) is 17.3. The van der Waals surface area contributed by atoms with E-state index in [0.717, 1.165) is 13.1 Å². The van der Waals surface area contributed by atoms with E-state index in [2.05, 4.69) is 19.9 Å². The molecular formula is C12H19N6O3+. The summed E-state index contributed by atoms with van der Waals surface area (Å²) in [5, 5.41) is 18.6. The number of aliphatic hydroxyl groups is 2. The lowest BCUT2D eigenvalue weighted by Crippen LogP contribution is -2.42. The zero-order valence-corrected chi connectivity index (χ0v) is 11.6. The molecule has 1 atom stereocenters. The van der Waals surface area contributed by atoms with Crippen molar-refractivity contribution < 1.29 is 19.5 Å². The maximum absolute atomic E-state index is 9.60. The first-order valence-electron chi connectivity index (χ1n) is 6.84. The highest BCUT2D eigenvalue weighted by Crippen LogP contribution is 2.18. The minimum absolute atomic E-state index is 0.202. The van der Waals surface area contributed by atoms with Crippen LogP contribution in [0.5, 0.6) is 0 Å². The molecule has 0 saturated carbocycles. The number of nitrogens with one attached hydrogen (secondary N) is 1. The number of aliphatic hydroxyl groups excluding tert-OH is 2. The number of hydrogen-bond acceptors (Lipinski definition) is 7. The molecule has 21 heavy (non-hydrogen) atoms. The number of aromatic amines is 1. The average Bonchev–Trinajstić information content (AvgIpc) is 2.97. The van der Waals surface area contributed by atoms with E-state index in [9.17, 15) is 5.11 Å². The molecule has 0 aliphatic carbocycles. The van der Waals surface area contributed by atoms with Crippen LogP contribution in [0, 0.1) is 0 Å². The summed E-state index contributed by atoms with van der Waals surface area (Å²) < 4.78 is 7.00. The van der Waals surface area contributed by atoms with Crippen molar-refractivity contribution in [2.24, 2.45) is 0 Å². The molecule has 2 aromatic rings. The second-order valence-electron chi connectivity index (χ2n) is 4.98. The molecule has 1 saturated heterocycles. The Morgan fingerprint density at radius 1 is 1.48 bits per heavy atom. The van der Waals surface area contributed by atoms with Crippen LogP contribution in [-0.4, -0.2) is 64.2 Å². The van der Waals surface area contributed by atoms with Crippen LogP contribution in [0.3, 0.4) is 0 Å². The summed E-state index contributed by atoms with van der Waals surface area (Å²) >= 11 is 0. The molecule has 3 heterocycles. The van der Waals surface area contributed by atoms with E-state index in [1.165, 1.54) is 6.33 Å². The van der Waals surface area contributed by atoms with Crippen LogP contribution in [0.4, 0.5) is 11.8 Å². The van der Waals surface area contributed by atoms with Crippen molar-refractivity contribution in [3.63, 3.8) is 0 Å². The Bertz CT molecular complexity index is 625. The van der Waals surface area contributed by atoms with E-state index in [-0.39, 0.29) is 13.2 Å². The van der Waals surface area contributed by atoms with Gasteiger partial charge in [-0.25, -0.2) is 4.57 Å². The van der Waals surface area contributed by atoms with Crippen molar-refractivity contribution in [2.45, 2.75) is 12.6 Å². The van der Waals surface area contributed by atoms with Gasteiger partial charge in [-0.05, 0) is 0 Å². The lowest BCUT2D eigenvalue weighted by molar-refractivity contribution is -0.683. The van der Waals surface area contributed by atoms with E-state index >= 15 is 0 Å². The largest absolute Gasteiger partial charge is 0.394 e. The molecule has 0 spiro atoms. The summed E-state index contributed by atoms with van der Waals surface area (Å²) in [4.78, 5) is 13.9. The van der Waals surface area contributed by atoms with Crippen molar-refractivity contribution in [1.29, 1.82) is 0 Å². The Labute approximate surface area is 121 Å². The van der Waals surface area contributed by atoms with Gasteiger partial charge in [-0.1, -0.05) is 9.97 Å². The number of morpholine rings is 1. The van der Waals surface area contributed by atoms with Gasteiger partial charge in [0.15, 0.2) is 5.52 Å². The fourth-order valence-electron chi connectivity index (χ4n) is 2.33. The number of hydrogen-bond donors (Lipinski definition) is 4. The van der Waals surface area contributed by atoms with E-state index < -0.39 is 6.10 Å². The first-order valence-corrected chi connectivity index (χ1v) is 6.84. The molecule has 9 heteroatoms. The van der Waals surface area contributed by atoms with Gasteiger partial charge in [-0.3, -0.25) is 0 Å². The molecule has 3 rings (SSSR count). The second kappa shape index (κ2) is 5.80. The van der Waals surface area contributed by atoms with Crippen LogP contribution in [0.1, 0.15) is 0 Å². The summed E-state index contributed by atoms with van der Waals surface area (Å²) in [6, 6.07) is 0. The van der Waals surface area contributed by atoms with Crippen LogP contribution in [-0.2, 0) is 11.3 Å². The first kappa shape index (κ1) is 14.0. The molecule has 114 valence electrons. The van der Waals surface area contributed by atoms with Gasteiger partial charge in [0.1, 0.15) is 6.10 Å². The Morgan fingerprint density at radius 2 is 2.24 bits per heavy atom. The predicted molar refractivity (Wildman–Crippen MR) is 74.6 cm³/mol. The van der Waals surface area contributed by atoms with Gasteiger partial charge < -0.3 is 30.6 Å². The zero-order valence-electron chi connectivity index (χ0n) is 11.6. The smallest absolute Gasteiger partial charge is 0.296 e. The molecule has 9 nitrogen and oxygen atoms in total. The lowest BCUT2D eigenvalue weighted by Gasteiger charge is -2.24. The molecule has 0 radical (unpaired) electrons. The van der Waals surface area contributed by atoms with Gasteiger partial charge in [0.2, 0.25) is 12.1 Å². The maximum Gasteiger partial charge on any atom is 0.296 e. The van der Waals surface area contributed by atoms with Gasteiger partial charge >= 0.3 is 0 Å². The first-order chi connectivity index (χ1) is 10.2. The Kier molecular flexibility index (Phi) is 3.86. The molecule has 0 unspecified atom stereocenters. The van der Waals surface area contributed by atoms with Crippen molar-refractivity contribution in [2.75, 3.05) is 43.5 Å². The van der Waals surface area contributed by atoms with Gasteiger partial charge in [0.05, 0.1) is 26.4 Å². The summed E-state index contributed by atoms with van der Waals surface area (Å²) in [7, 11) is 0. The quantitative estimate of drug-likeness (QED) is 0.482. The number of fused-ring (bicyclic) bond motifs is 1. The molecule has 1 aliphatic heterocycles. The molecule has 1 aliphatic rings. The fraction of sp³-hybridized carbons (Fsp3) is 0.583. The van der Waals surface area contributed by atoms with Crippen LogP contribution >= 0.6 is 0 Å². The molecular weight excluding hydrogens is 276 g/mol. The third-order valence-corrected chi connectivity index (χ3v) is 3.47. The van der Waals surface area contributed by atoms with E-state index in [4.69, 9.17) is 15.6 Å². The standard InChI is InChI=1S/C12H18N6O3/c13-10-9-11(18(7-14-10)5-8(20)6-19)16-12(15-9)17-1-3-21-4-2-17/h7-8,19-20H,1-6H2,(H2,13,15,16)/p+1/t8-/m1/s1. The topological polar surface area (TPSA) is 124 Å². The number of anilines is 2. The van der Waals surface area contributed by atoms with Crippen molar-refractivity contribution >= 4 is 22.9 Å². The van der Waals surface area contributed by atoms with Crippen molar-refractivity contribution in [3.05, 3.63) is 6.33 Å². The monoisotopic (exact) mass is 295 g/mol. The number of H-pyrrole nitrogens is 1. The molecule has 0 amide bonds. The summed E-state index contributed by atoms with van der Waals surface area (Å²) in [5.74, 6) is 1.06. The number of nitrogen functional groups attached to an aromatic ring is 1. The number of nitrogens with zero attached hydrogens (tertiary/aromatic N) is 4. The summed E-state index contributed by atoms with van der Waals surface area (Å²) in [6.45, 7) is 2.72. The third kappa shape index (κ3) is 2.75. The number of ether oxygens (including phenoxy) is 1. The van der Waals surface area contributed by atoms with E-state index in [1.807, 2.05) is 0 Å². The summed E-state index contributed by atoms with van der Waals surface area (Å²) in [5.41, 5.74) is 7.12. The number of aromatic nitrogens is 4. The van der Waals surface area contributed by atoms with Gasteiger partial charge in [0.25, 0.3) is 11.6 Å². The number of rotatable bonds is 4. The van der Waals surface area contributed by atoms with Crippen LogP contribution in [0.2, 0.25) is 0 Å². The highest BCUT2D eigenvalue weighted by molar-refractivity contribution is 5.80. The SMILES string of the molecule is Nc1nc[n+](C[C@@H](O)CO)c2nc(N3CCOCC3)[nH]c12. The predicted octanol–water partition coefficient (Wildman–Crippen LogP) is -1.98.